The quantitative estimate of drug-likeness (QED) is 0.741. The van der Waals surface area contributed by atoms with Crippen molar-refractivity contribution < 1.29 is 19.1 Å². The molecular weight excluding hydrogens is 376 g/mol. The van der Waals surface area contributed by atoms with Crippen molar-refractivity contribution >= 4 is 28.2 Å². The van der Waals surface area contributed by atoms with Crippen molar-refractivity contribution in [2.45, 2.75) is 39.0 Å². The molecule has 3 rings (SSSR count). The van der Waals surface area contributed by atoms with Gasteiger partial charge < -0.3 is 20.5 Å². The molecule has 1 heterocycles. The number of nitrogens with two attached hydrogens (primary N) is 1. The fraction of sp³-hybridized carbons (Fsp3) is 0.429. The number of methoxy groups -OCH3 is 2. The minimum atomic E-state index is -0.470. The van der Waals surface area contributed by atoms with E-state index in [4.69, 9.17) is 15.2 Å². The zero-order valence-electron chi connectivity index (χ0n) is 16.5. The van der Waals surface area contributed by atoms with Gasteiger partial charge in [0.2, 0.25) is 5.91 Å². The van der Waals surface area contributed by atoms with Crippen LogP contribution in [0.15, 0.2) is 18.2 Å². The summed E-state index contributed by atoms with van der Waals surface area (Å²) in [4.78, 5) is 25.7. The van der Waals surface area contributed by atoms with Gasteiger partial charge in [0.15, 0.2) is 11.5 Å². The summed E-state index contributed by atoms with van der Waals surface area (Å²) in [6.07, 6.45) is 3.66. The zero-order chi connectivity index (χ0) is 20.3. The number of hydrogen-bond acceptors (Lipinski definition) is 5. The molecule has 0 bridgehead atoms. The third-order valence-electron chi connectivity index (χ3n) is 5.10. The smallest absolute Gasteiger partial charge is 0.251 e. The lowest BCUT2D eigenvalue weighted by Crippen LogP contribution is -2.19. The lowest BCUT2D eigenvalue weighted by atomic mass is 9.88. The molecule has 0 fully saturated rings. The Labute approximate surface area is 169 Å². The molecule has 0 spiro atoms. The highest BCUT2D eigenvalue weighted by Gasteiger charge is 2.27. The Bertz CT molecular complexity index is 891. The fourth-order valence-corrected chi connectivity index (χ4v) is 5.01. The topological polar surface area (TPSA) is 90.6 Å². The van der Waals surface area contributed by atoms with Crippen molar-refractivity contribution in [1.82, 2.24) is 0 Å². The SMILES string of the molecule is COc1ccc(CCC(=O)Nc2sc3c(c2C(N)=O)CCC(C)C3)cc1OC. The Balaban J connectivity index is 1.69. The number of thiophene rings is 1. The number of fused-ring (bicyclic) bond motifs is 1. The van der Waals surface area contributed by atoms with Crippen molar-refractivity contribution in [3.63, 3.8) is 0 Å². The minimum absolute atomic E-state index is 0.135. The van der Waals surface area contributed by atoms with Crippen molar-refractivity contribution in [3.05, 3.63) is 39.8 Å². The van der Waals surface area contributed by atoms with E-state index in [0.717, 1.165) is 30.4 Å². The van der Waals surface area contributed by atoms with Crippen LogP contribution in [0.1, 0.15) is 46.1 Å². The van der Waals surface area contributed by atoms with Crippen LogP contribution in [0.5, 0.6) is 11.5 Å². The number of hydrogen-bond donors (Lipinski definition) is 2. The molecule has 7 heteroatoms. The number of nitrogens with one attached hydrogen (secondary N) is 1. The first kappa shape index (κ1) is 20.2. The van der Waals surface area contributed by atoms with Crippen LogP contribution < -0.4 is 20.5 Å². The number of primary amides is 1. The summed E-state index contributed by atoms with van der Waals surface area (Å²) in [5.41, 5.74) is 8.09. The normalized spacial score (nSPS) is 15.6. The predicted molar refractivity (Wildman–Crippen MR) is 111 cm³/mol. The molecule has 1 unspecified atom stereocenters. The Morgan fingerprint density at radius 2 is 2.00 bits per heavy atom. The second-order valence-corrected chi connectivity index (χ2v) is 8.26. The van der Waals surface area contributed by atoms with Crippen LogP contribution in [0, 0.1) is 5.92 Å². The zero-order valence-corrected chi connectivity index (χ0v) is 17.3. The first-order valence-corrected chi connectivity index (χ1v) is 10.2. The summed E-state index contributed by atoms with van der Waals surface area (Å²) < 4.78 is 10.5. The third-order valence-corrected chi connectivity index (χ3v) is 6.27. The lowest BCUT2D eigenvalue weighted by Gasteiger charge is -2.18. The van der Waals surface area contributed by atoms with E-state index in [-0.39, 0.29) is 5.91 Å². The number of anilines is 1. The van der Waals surface area contributed by atoms with E-state index in [1.54, 1.807) is 14.2 Å². The maximum absolute atomic E-state index is 12.5. The van der Waals surface area contributed by atoms with Gasteiger partial charge in [-0.1, -0.05) is 13.0 Å². The van der Waals surface area contributed by atoms with Crippen molar-refractivity contribution in [2.75, 3.05) is 19.5 Å². The Kier molecular flexibility index (Phi) is 6.24. The average molecular weight is 403 g/mol. The highest BCUT2D eigenvalue weighted by molar-refractivity contribution is 7.17. The number of benzene rings is 1. The monoisotopic (exact) mass is 402 g/mol. The summed E-state index contributed by atoms with van der Waals surface area (Å²) in [5, 5.41) is 3.50. The van der Waals surface area contributed by atoms with E-state index in [2.05, 4.69) is 12.2 Å². The van der Waals surface area contributed by atoms with Crippen LogP contribution >= 0.6 is 11.3 Å². The summed E-state index contributed by atoms with van der Waals surface area (Å²) in [6.45, 7) is 2.20. The van der Waals surface area contributed by atoms with Gasteiger partial charge in [-0.3, -0.25) is 9.59 Å². The van der Waals surface area contributed by atoms with Gasteiger partial charge in [0.05, 0.1) is 19.8 Å². The van der Waals surface area contributed by atoms with Crippen LogP contribution in [0.4, 0.5) is 5.00 Å². The first-order valence-electron chi connectivity index (χ1n) is 9.38. The minimum Gasteiger partial charge on any atom is -0.493 e. The van der Waals surface area contributed by atoms with Crippen LogP contribution in [0.25, 0.3) is 0 Å². The second kappa shape index (κ2) is 8.65. The van der Waals surface area contributed by atoms with Crippen molar-refractivity contribution in [1.29, 1.82) is 0 Å². The Hall–Kier alpha value is -2.54. The Morgan fingerprint density at radius 3 is 2.68 bits per heavy atom. The summed E-state index contributed by atoms with van der Waals surface area (Å²) in [6, 6.07) is 5.60. The molecule has 150 valence electrons. The Morgan fingerprint density at radius 1 is 1.25 bits per heavy atom. The van der Waals surface area contributed by atoms with E-state index in [0.29, 0.717) is 40.8 Å². The van der Waals surface area contributed by atoms with Crippen LogP contribution in [0.2, 0.25) is 0 Å². The summed E-state index contributed by atoms with van der Waals surface area (Å²) >= 11 is 1.49. The molecule has 28 heavy (non-hydrogen) atoms. The summed E-state index contributed by atoms with van der Waals surface area (Å²) in [5.74, 6) is 1.27. The molecular formula is C21H26N2O4S. The predicted octanol–water partition coefficient (Wildman–Crippen LogP) is 3.56. The number of carbonyl (C=O) groups excluding carboxylic acids is 2. The molecule has 0 saturated carbocycles. The van der Waals surface area contributed by atoms with Crippen molar-refractivity contribution in [3.8, 4) is 11.5 Å². The summed E-state index contributed by atoms with van der Waals surface area (Å²) in [7, 11) is 3.17. The number of amides is 2. The second-order valence-electron chi connectivity index (χ2n) is 7.16. The van der Waals surface area contributed by atoms with E-state index in [9.17, 15) is 9.59 Å². The van der Waals surface area contributed by atoms with Gasteiger partial charge in [-0.15, -0.1) is 11.3 Å². The molecule has 2 amide bonds. The maximum atomic E-state index is 12.5. The molecule has 1 aromatic carbocycles. The third kappa shape index (κ3) is 4.30. The van der Waals surface area contributed by atoms with Gasteiger partial charge in [-0.05, 0) is 54.9 Å². The van der Waals surface area contributed by atoms with E-state index in [1.165, 1.54) is 16.2 Å². The van der Waals surface area contributed by atoms with Crippen LogP contribution in [0.3, 0.4) is 0 Å². The first-order chi connectivity index (χ1) is 13.4. The van der Waals surface area contributed by atoms with Gasteiger partial charge in [0.1, 0.15) is 5.00 Å². The van der Waals surface area contributed by atoms with E-state index >= 15 is 0 Å². The van der Waals surface area contributed by atoms with E-state index < -0.39 is 5.91 Å². The number of rotatable bonds is 7. The van der Waals surface area contributed by atoms with Crippen LogP contribution in [-0.4, -0.2) is 26.0 Å². The number of aryl methyl sites for hydroxylation is 1. The van der Waals surface area contributed by atoms with Gasteiger partial charge in [0, 0.05) is 11.3 Å². The molecule has 3 N–H and O–H groups in total. The molecule has 1 aliphatic carbocycles. The molecule has 0 radical (unpaired) electrons. The molecule has 1 aliphatic rings. The molecule has 1 atom stereocenters. The van der Waals surface area contributed by atoms with Gasteiger partial charge in [-0.2, -0.15) is 0 Å². The lowest BCUT2D eigenvalue weighted by molar-refractivity contribution is -0.116. The van der Waals surface area contributed by atoms with E-state index in [1.807, 2.05) is 18.2 Å². The van der Waals surface area contributed by atoms with Crippen molar-refractivity contribution in [2.24, 2.45) is 11.7 Å². The number of carbonyl (C=O) groups is 2. The molecule has 0 saturated heterocycles. The molecule has 2 aromatic rings. The van der Waals surface area contributed by atoms with Gasteiger partial charge >= 0.3 is 0 Å². The highest BCUT2D eigenvalue weighted by Crippen LogP contribution is 2.39. The molecule has 6 nitrogen and oxygen atoms in total. The van der Waals surface area contributed by atoms with Crippen LogP contribution in [-0.2, 0) is 24.1 Å². The van der Waals surface area contributed by atoms with Gasteiger partial charge in [-0.25, -0.2) is 0 Å². The maximum Gasteiger partial charge on any atom is 0.251 e. The molecule has 1 aromatic heterocycles. The largest absolute Gasteiger partial charge is 0.493 e. The fourth-order valence-electron chi connectivity index (χ4n) is 3.58. The standard InChI is InChI=1S/C21H26N2O4S/c1-12-4-7-14-17(10-12)28-21(19(14)20(22)25)23-18(24)9-6-13-5-8-15(26-2)16(11-13)27-3/h5,8,11-12H,4,6-7,9-10H2,1-3H3,(H2,22,25)(H,23,24). The molecule has 0 aliphatic heterocycles. The highest BCUT2D eigenvalue weighted by atomic mass is 32.1. The number of ether oxygens (including phenoxy) is 2. The average Bonchev–Trinajstić information content (AvgIpc) is 3.02. The van der Waals surface area contributed by atoms with Gasteiger partial charge in [0.25, 0.3) is 5.91 Å².